The standard InChI is InChI=1S/4C31H18N4/c1-2-6-20-17(5-1)15-18-9-11-21-24(26(18)20)16-19-10-12-25-29(27(19)21)35-30-22(7-4-14-33-30)28-23(31(35)34-25)8-3-13-32-28;1-2-6-20-17(5-1)15-18-9-11-21-24(26(18)20)16-19-10-12-25-29(27(19)21)35-30-23(8-4-14-33-30)22-7-3-13-32-28(22)31(35)34-25;1-2-5-20-17(4-1)14-18-7-9-22-24(27(18)20)15-19-8-10-26-29(28(19)22)35-30-23(6-3-12-33-30)21-11-13-32-16-25(21)31(35)34-26;1-2-5-20-17(4-1)14-18-7-9-21-24(27(18)20)15-19-8-10-26-29(28(19)21)35-30-22(6-3-12-33-30)25-16-32-13-11-23(25)31(35)34-26/h2*1-14H,15-16H2;2*1-13,16H,14-15H2. The monoisotopic (exact) mass is 1780 g/mol. The van der Waals surface area contributed by atoms with E-state index in [2.05, 4.69) is 270 Å². The van der Waals surface area contributed by atoms with Crippen molar-refractivity contribution in [3.8, 4) is 89.0 Å². The number of fused-ring (bicyclic) bond motifs is 64. The van der Waals surface area contributed by atoms with Crippen molar-refractivity contribution in [2.75, 3.05) is 0 Å². The van der Waals surface area contributed by atoms with Crippen LogP contribution in [0, 0.1) is 0 Å². The minimum absolute atomic E-state index is 0.871. The molecule has 0 bridgehead atoms. The van der Waals surface area contributed by atoms with Crippen molar-refractivity contribution < 1.29 is 0 Å². The molecule has 16 heteroatoms. The van der Waals surface area contributed by atoms with E-state index in [0.717, 1.165) is 206 Å². The summed E-state index contributed by atoms with van der Waals surface area (Å²) in [4.78, 5) is 58.2. The topological polar surface area (TPSA) is 172 Å². The lowest BCUT2D eigenvalue weighted by Gasteiger charge is -2.11. The number of imidazole rings is 4. The van der Waals surface area contributed by atoms with E-state index in [9.17, 15) is 0 Å². The van der Waals surface area contributed by atoms with Gasteiger partial charge in [-0.1, -0.05) is 176 Å². The summed E-state index contributed by atoms with van der Waals surface area (Å²) in [7, 11) is 0. The molecule has 0 N–H and O–H groups in total. The lowest BCUT2D eigenvalue weighted by atomic mass is 9.95. The van der Waals surface area contributed by atoms with Crippen molar-refractivity contribution in [1.29, 1.82) is 0 Å². The van der Waals surface area contributed by atoms with Crippen LogP contribution in [0.5, 0.6) is 0 Å². The number of benzene rings is 12. The molecule has 12 aromatic carbocycles. The van der Waals surface area contributed by atoms with Crippen molar-refractivity contribution in [1.82, 2.24) is 77.4 Å². The van der Waals surface area contributed by atoms with Gasteiger partial charge in [0, 0.05) is 133 Å². The molecule has 0 saturated heterocycles. The highest BCUT2D eigenvalue weighted by Gasteiger charge is 2.38. The summed E-state index contributed by atoms with van der Waals surface area (Å²) in [5, 5.41) is 10.9. The lowest BCUT2D eigenvalue weighted by Crippen LogP contribution is -1.96. The molecule has 16 aromatic heterocycles. The highest BCUT2D eigenvalue weighted by atomic mass is 15.1. The van der Waals surface area contributed by atoms with E-state index in [-0.39, 0.29) is 0 Å². The van der Waals surface area contributed by atoms with Crippen molar-refractivity contribution in [3.05, 3.63) is 430 Å². The molecular weight excluding hydrogens is 1710 g/mol. The maximum absolute atomic E-state index is 5.15. The molecule has 648 valence electrons. The van der Waals surface area contributed by atoms with Gasteiger partial charge in [0.25, 0.3) is 0 Å². The zero-order valence-electron chi connectivity index (χ0n) is 75.1. The van der Waals surface area contributed by atoms with Crippen LogP contribution in [0.3, 0.4) is 0 Å². The number of hydrogen-bond donors (Lipinski definition) is 0. The second-order valence-electron chi connectivity index (χ2n) is 38.6. The first-order valence-electron chi connectivity index (χ1n) is 48.2. The molecule has 0 spiro atoms. The van der Waals surface area contributed by atoms with Crippen LogP contribution < -0.4 is 0 Å². The summed E-state index contributed by atoms with van der Waals surface area (Å²) in [6.45, 7) is 0. The van der Waals surface area contributed by atoms with Crippen molar-refractivity contribution in [2.45, 2.75) is 51.4 Å². The molecule has 0 amide bonds. The normalized spacial score (nSPS) is 13.5. The Morgan fingerprint density at radius 1 is 0.164 bits per heavy atom. The molecular formula is C124H72N16. The highest BCUT2D eigenvalue weighted by Crippen LogP contribution is 2.57. The summed E-state index contributed by atoms with van der Waals surface area (Å²) < 4.78 is 9.06. The number of rotatable bonds is 0. The first-order valence-corrected chi connectivity index (χ1v) is 48.2. The maximum atomic E-state index is 5.15. The molecule has 0 fully saturated rings. The van der Waals surface area contributed by atoms with Gasteiger partial charge >= 0.3 is 0 Å². The molecule has 16 nitrogen and oxygen atoms in total. The molecule has 0 aliphatic heterocycles. The first-order chi connectivity index (χ1) is 69.5. The Kier molecular flexibility index (Phi) is 14.9. The fraction of sp³-hybridized carbons (Fsp3) is 0.0645. The average molecular weight is 1790 g/mol. The first kappa shape index (κ1) is 75.1. The summed E-state index contributed by atoms with van der Waals surface area (Å²) in [5.74, 6) is 0. The zero-order valence-corrected chi connectivity index (χ0v) is 75.1. The predicted octanol–water partition coefficient (Wildman–Crippen LogP) is 26.9. The van der Waals surface area contributed by atoms with Crippen LogP contribution in [0.1, 0.15) is 89.0 Å². The van der Waals surface area contributed by atoms with Gasteiger partial charge in [-0.2, -0.15) is 0 Å². The maximum Gasteiger partial charge on any atom is 0.166 e. The average Bonchev–Trinajstić information content (AvgIpc) is 1.55. The van der Waals surface area contributed by atoms with Gasteiger partial charge in [0.1, 0.15) is 45.0 Å². The van der Waals surface area contributed by atoms with Gasteiger partial charge in [-0.3, -0.25) is 37.5 Å². The smallest absolute Gasteiger partial charge is 0.166 e. The van der Waals surface area contributed by atoms with Crippen LogP contribution in [-0.4, -0.2) is 77.4 Å². The molecule has 8 aliphatic carbocycles. The Hall–Kier alpha value is -18.3. The molecule has 36 rings (SSSR count). The Morgan fingerprint density at radius 2 is 0.443 bits per heavy atom. The molecule has 0 unspecified atom stereocenters. The molecule has 0 radical (unpaired) electrons. The third-order valence-corrected chi connectivity index (χ3v) is 31.7. The van der Waals surface area contributed by atoms with Crippen LogP contribution in [0.25, 0.3) is 243 Å². The van der Waals surface area contributed by atoms with E-state index in [1.165, 1.54) is 178 Å². The second-order valence-corrected chi connectivity index (χ2v) is 38.6. The predicted molar refractivity (Wildman–Crippen MR) is 559 cm³/mol. The minimum atomic E-state index is 0.871. The van der Waals surface area contributed by atoms with Gasteiger partial charge in [0.05, 0.1) is 49.7 Å². The van der Waals surface area contributed by atoms with E-state index in [1.807, 2.05) is 98.4 Å². The summed E-state index contributed by atoms with van der Waals surface area (Å²) in [6.07, 6.45) is 26.6. The molecule has 140 heavy (non-hydrogen) atoms. The van der Waals surface area contributed by atoms with Gasteiger partial charge in [0.15, 0.2) is 5.65 Å². The minimum Gasteiger partial charge on any atom is -0.275 e. The second kappa shape index (κ2) is 27.7. The Labute approximate surface area is 796 Å². The van der Waals surface area contributed by atoms with Crippen LogP contribution in [0.4, 0.5) is 0 Å². The Morgan fingerprint density at radius 3 is 0.850 bits per heavy atom. The molecule has 8 aliphatic rings. The molecule has 0 saturated carbocycles. The summed E-state index contributed by atoms with van der Waals surface area (Å²) in [5.41, 5.74) is 62.4. The highest BCUT2D eigenvalue weighted by molar-refractivity contribution is 6.20. The van der Waals surface area contributed by atoms with Gasteiger partial charge in [-0.25, -0.2) is 39.9 Å². The molecule has 28 aromatic rings. The van der Waals surface area contributed by atoms with E-state index in [0.29, 0.717) is 0 Å². The molecule has 16 heterocycles. The van der Waals surface area contributed by atoms with Crippen LogP contribution in [0.2, 0.25) is 0 Å². The number of pyridine rings is 12. The van der Waals surface area contributed by atoms with Crippen LogP contribution in [0.15, 0.2) is 341 Å². The van der Waals surface area contributed by atoms with Crippen molar-refractivity contribution in [3.63, 3.8) is 0 Å². The fourth-order valence-electron chi connectivity index (χ4n) is 26.1. The van der Waals surface area contributed by atoms with Crippen molar-refractivity contribution in [2.24, 2.45) is 0 Å². The van der Waals surface area contributed by atoms with E-state index in [4.69, 9.17) is 49.8 Å². The van der Waals surface area contributed by atoms with E-state index >= 15 is 0 Å². The van der Waals surface area contributed by atoms with Crippen LogP contribution >= 0.6 is 0 Å². The molecule has 0 atom stereocenters. The van der Waals surface area contributed by atoms with E-state index in [1.54, 1.807) is 0 Å². The Balaban J connectivity index is 0.0000000829. The quantitative estimate of drug-likeness (QED) is 0.132. The third-order valence-electron chi connectivity index (χ3n) is 31.7. The van der Waals surface area contributed by atoms with Gasteiger partial charge < -0.3 is 0 Å². The van der Waals surface area contributed by atoms with E-state index < -0.39 is 0 Å². The summed E-state index contributed by atoms with van der Waals surface area (Å²) >= 11 is 0. The van der Waals surface area contributed by atoms with Crippen molar-refractivity contribution >= 4 is 154 Å². The number of nitrogens with zero attached hydrogens (tertiary/aromatic N) is 16. The summed E-state index contributed by atoms with van der Waals surface area (Å²) in [6, 6.07) is 101. The third kappa shape index (κ3) is 10.1. The fourth-order valence-corrected chi connectivity index (χ4v) is 26.1. The van der Waals surface area contributed by atoms with Crippen LogP contribution in [-0.2, 0) is 51.4 Å². The van der Waals surface area contributed by atoms with Gasteiger partial charge in [0.2, 0.25) is 0 Å². The number of aromatic nitrogens is 16. The number of hydrogen-bond acceptors (Lipinski definition) is 12. The SMILES string of the molecule is c1ccc2c(c1)Cc1ccc3c(c1-2)Cc1ccc2nc4c5cccnc5c5cccnc5n4c2c1-3.c1ccc2c(c1)Cc1ccc3c(c1-2)Cc1ccc2nc4c5ccncc5c5cccnc5n4c2c1-3.c1ccc2c(c1)Cc1ccc3c(c1-2)Cc1ccc2nc4c5cnccc5c5cccnc5n4c2c1-3.c1ccc2c(c1)Cc1ccc3c(c1-2)Cc1ccc2nc4c5ncccc5c5cccnc5n4c2c1-3. The zero-order chi connectivity index (χ0) is 90.7. The van der Waals surface area contributed by atoms with Gasteiger partial charge in [-0.05, 0) is 316 Å². The Bertz CT molecular complexity index is 9460. The van der Waals surface area contributed by atoms with Gasteiger partial charge in [-0.15, -0.1) is 0 Å². The lowest BCUT2D eigenvalue weighted by molar-refractivity contribution is 1.22. The largest absolute Gasteiger partial charge is 0.275 e.